The zero-order valence-corrected chi connectivity index (χ0v) is 56.0. The molecule has 0 bridgehead atoms. The van der Waals surface area contributed by atoms with Gasteiger partial charge in [-0.3, -0.25) is 37.3 Å². The predicted molar refractivity (Wildman–Crippen MR) is 335 cm³/mol. The lowest BCUT2D eigenvalue weighted by atomic mass is 10.0. The summed E-state index contributed by atoms with van der Waals surface area (Å²) in [6.07, 6.45) is 40.3. The second-order valence-electron chi connectivity index (χ2n) is 24.5. The zero-order valence-electron chi connectivity index (χ0n) is 54.2. The second kappa shape index (κ2) is 57.5. The van der Waals surface area contributed by atoms with Gasteiger partial charge in [0.2, 0.25) is 0 Å². The highest BCUT2D eigenvalue weighted by Crippen LogP contribution is 2.45. The summed E-state index contributed by atoms with van der Waals surface area (Å²) in [5, 5.41) is 10.5. The first-order valence-corrected chi connectivity index (χ1v) is 37.0. The molecule has 2 unspecified atom stereocenters. The summed E-state index contributed by atoms with van der Waals surface area (Å²) < 4.78 is 68.0. The summed E-state index contributed by atoms with van der Waals surface area (Å²) in [7, 11) is -9.88. The molecule has 19 heteroatoms. The number of unbranched alkanes of at least 4 members (excludes halogenated alkanes) is 34. The van der Waals surface area contributed by atoms with Crippen molar-refractivity contribution >= 4 is 39.5 Å². The number of hydrogen-bond donors (Lipinski definition) is 3. The molecule has 0 fully saturated rings. The minimum absolute atomic E-state index is 0.105. The first kappa shape index (κ1) is 82.1. The van der Waals surface area contributed by atoms with Gasteiger partial charge in [0.25, 0.3) is 0 Å². The number of hydrogen-bond acceptors (Lipinski definition) is 15. The largest absolute Gasteiger partial charge is 0.472 e. The molecule has 0 saturated heterocycles. The molecule has 84 heavy (non-hydrogen) atoms. The lowest BCUT2D eigenvalue weighted by Gasteiger charge is -2.21. The molecule has 0 saturated carbocycles. The third-order valence-electron chi connectivity index (χ3n) is 15.0. The topological polar surface area (TPSA) is 237 Å². The second-order valence-corrected chi connectivity index (χ2v) is 27.4. The summed E-state index contributed by atoms with van der Waals surface area (Å²) in [5.41, 5.74) is 0. The molecule has 0 aliphatic carbocycles. The number of rotatable bonds is 64. The van der Waals surface area contributed by atoms with Crippen LogP contribution in [0.3, 0.4) is 0 Å². The Kier molecular flexibility index (Phi) is 56.2. The molecule has 3 N–H and O–H groups in total. The number of phosphoric acid groups is 2. The normalized spacial score (nSPS) is 14.3. The maximum absolute atomic E-state index is 13.0. The Labute approximate surface area is 511 Å². The Morgan fingerprint density at radius 1 is 0.321 bits per heavy atom. The molecule has 17 nitrogen and oxygen atoms in total. The first-order chi connectivity index (χ1) is 40.4. The Morgan fingerprint density at radius 2 is 0.548 bits per heavy atom. The maximum Gasteiger partial charge on any atom is 0.472 e. The number of aliphatic hydroxyl groups excluding tert-OH is 1. The Hall–Kier alpha value is -1.94. The van der Waals surface area contributed by atoms with Crippen molar-refractivity contribution in [2.24, 2.45) is 11.8 Å². The van der Waals surface area contributed by atoms with E-state index < -0.39 is 97.5 Å². The van der Waals surface area contributed by atoms with E-state index in [1.54, 1.807) is 0 Å². The molecule has 0 rings (SSSR count). The minimum atomic E-state index is -4.95. The van der Waals surface area contributed by atoms with E-state index in [1.165, 1.54) is 135 Å². The van der Waals surface area contributed by atoms with Gasteiger partial charge >= 0.3 is 39.5 Å². The van der Waals surface area contributed by atoms with Gasteiger partial charge in [0, 0.05) is 25.7 Å². The van der Waals surface area contributed by atoms with Gasteiger partial charge in [-0.2, -0.15) is 0 Å². The minimum Gasteiger partial charge on any atom is -0.462 e. The third-order valence-corrected chi connectivity index (χ3v) is 16.9. The fourth-order valence-corrected chi connectivity index (χ4v) is 11.3. The molecule has 0 aromatic heterocycles. The summed E-state index contributed by atoms with van der Waals surface area (Å²) in [4.78, 5) is 72.2. The van der Waals surface area contributed by atoms with E-state index in [2.05, 4.69) is 41.5 Å². The monoisotopic (exact) mass is 1240 g/mol. The van der Waals surface area contributed by atoms with Crippen molar-refractivity contribution in [2.45, 2.75) is 342 Å². The van der Waals surface area contributed by atoms with Gasteiger partial charge in [-0.25, -0.2) is 9.13 Å². The number of phosphoric ester groups is 2. The maximum atomic E-state index is 13.0. The predicted octanol–water partition coefficient (Wildman–Crippen LogP) is 18.0. The van der Waals surface area contributed by atoms with Gasteiger partial charge in [-0.05, 0) is 37.5 Å². The van der Waals surface area contributed by atoms with Crippen molar-refractivity contribution in [2.75, 3.05) is 39.6 Å². The van der Waals surface area contributed by atoms with Crippen LogP contribution >= 0.6 is 15.6 Å². The van der Waals surface area contributed by atoms with Crippen LogP contribution in [-0.4, -0.2) is 96.7 Å². The van der Waals surface area contributed by atoms with Crippen LogP contribution < -0.4 is 0 Å². The number of ether oxygens (including phenoxy) is 4. The van der Waals surface area contributed by atoms with Gasteiger partial charge in [-0.1, -0.05) is 273 Å². The van der Waals surface area contributed by atoms with E-state index in [-0.39, 0.29) is 25.7 Å². The number of aliphatic hydroxyl groups is 1. The Balaban J connectivity index is 5.22. The highest BCUT2D eigenvalue weighted by atomic mass is 31.2. The highest BCUT2D eigenvalue weighted by molar-refractivity contribution is 7.47. The van der Waals surface area contributed by atoms with Crippen molar-refractivity contribution in [3.63, 3.8) is 0 Å². The summed E-state index contributed by atoms with van der Waals surface area (Å²) in [6.45, 7) is 9.46. The molecule has 0 aliphatic heterocycles. The van der Waals surface area contributed by atoms with Gasteiger partial charge in [0.15, 0.2) is 12.2 Å². The average molecular weight is 1240 g/mol. The van der Waals surface area contributed by atoms with Crippen molar-refractivity contribution in [3.05, 3.63) is 0 Å². The summed E-state index contributed by atoms with van der Waals surface area (Å²) in [6, 6.07) is 0. The van der Waals surface area contributed by atoms with Gasteiger partial charge in [-0.15, -0.1) is 0 Å². The molecule has 0 amide bonds. The van der Waals surface area contributed by atoms with E-state index in [1.807, 2.05) is 0 Å². The molecule has 0 spiro atoms. The van der Waals surface area contributed by atoms with Crippen LogP contribution in [0.2, 0.25) is 0 Å². The van der Waals surface area contributed by atoms with Crippen molar-refractivity contribution in [3.8, 4) is 0 Å². The van der Waals surface area contributed by atoms with Gasteiger partial charge in [0.1, 0.15) is 19.3 Å². The van der Waals surface area contributed by atoms with Crippen molar-refractivity contribution in [1.29, 1.82) is 0 Å². The van der Waals surface area contributed by atoms with Crippen LogP contribution in [-0.2, 0) is 65.4 Å². The van der Waals surface area contributed by atoms with Crippen LogP contribution in [0, 0.1) is 11.8 Å². The number of carbonyl (C=O) groups excluding carboxylic acids is 4. The van der Waals surface area contributed by atoms with E-state index in [4.69, 9.17) is 37.0 Å². The smallest absolute Gasteiger partial charge is 0.462 e. The van der Waals surface area contributed by atoms with Crippen LogP contribution in [0.1, 0.15) is 324 Å². The molecule has 0 heterocycles. The Bertz CT molecular complexity index is 1650. The van der Waals surface area contributed by atoms with E-state index in [0.717, 1.165) is 108 Å². The molecular weight excluding hydrogens is 1110 g/mol. The van der Waals surface area contributed by atoms with Crippen LogP contribution in [0.4, 0.5) is 0 Å². The zero-order chi connectivity index (χ0) is 62.2. The summed E-state index contributed by atoms with van der Waals surface area (Å²) in [5.74, 6) is -0.611. The lowest BCUT2D eigenvalue weighted by molar-refractivity contribution is -0.161. The Morgan fingerprint density at radius 3 is 0.810 bits per heavy atom. The van der Waals surface area contributed by atoms with Crippen LogP contribution in [0.15, 0.2) is 0 Å². The van der Waals surface area contributed by atoms with E-state index in [0.29, 0.717) is 25.7 Å². The molecule has 0 aromatic carbocycles. The number of carbonyl (C=O) groups is 4. The standard InChI is InChI=1S/C65H126O17P2/c1-7-9-11-13-15-22-31-37-43-49-64(69)81-60(53-75-62(67)47-41-35-29-16-14-12-10-8-2)55-79-83(71,72)77-51-59(66)52-78-84(73,74)80-56-61(54-76-63(68)48-42-36-30-25-21-20-24-28-34-40-46-58(5)6)82-65(70)50-44-38-32-26-19-17-18-23-27-33-39-45-57(3)4/h57-61,66H,7-56H2,1-6H3,(H,71,72)(H,73,74)/t59-,60+,61+/m0/s1. The number of esters is 4. The molecular formula is C65H126O17P2. The molecule has 498 valence electrons. The van der Waals surface area contributed by atoms with E-state index >= 15 is 0 Å². The molecule has 0 radical (unpaired) electrons. The van der Waals surface area contributed by atoms with E-state index in [9.17, 15) is 43.2 Å². The first-order valence-electron chi connectivity index (χ1n) is 34.0. The lowest BCUT2D eigenvalue weighted by Crippen LogP contribution is -2.30. The third kappa shape index (κ3) is 59.0. The summed E-state index contributed by atoms with van der Waals surface area (Å²) >= 11 is 0. The highest BCUT2D eigenvalue weighted by Gasteiger charge is 2.30. The van der Waals surface area contributed by atoms with Crippen LogP contribution in [0.5, 0.6) is 0 Å². The van der Waals surface area contributed by atoms with Gasteiger partial charge < -0.3 is 33.8 Å². The fraction of sp³-hybridized carbons (Fsp3) is 0.938. The SMILES string of the molecule is CCCCCCCCCCCC(=O)O[C@H](COC(=O)CCCCCCCCCC)COP(=O)(O)OC[C@H](O)COP(=O)(O)OC[C@@H](COC(=O)CCCCCCCCCCCCC(C)C)OC(=O)CCCCCCCCCCCCCC(C)C. The van der Waals surface area contributed by atoms with Crippen molar-refractivity contribution in [1.82, 2.24) is 0 Å². The molecule has 5 atom stereocenters. The average Bonchev–Trinajstić information content (AvgIpc) is 3.58. The van der Waals surface area contributed by atoms with Crippen LogP contribution in [0.25, 0.3) is 0 Å². The quantitative estimate of drug-likeness (QED) is 0.0222. The fourth-order valence-electron chi connectivity index (χ4n) is 9.71. The molecule has 0 aliphatic rings. The molecule has 0 aromatic rings. The van der Waals surface area contributed by atoms with Crippen molar-refractivity contribution < 1.29 is 80.2 Å². The van der Waals surface area contributed by atoms with Gasteiger partial charge in [0.05, 0.1) is 26.4 Å².